The maximum absolute atomic E-state index is 14.2. The average Bonchev–Trinajstić information content (AvgIpc) is 3.37. The number of nitrogens with one attached hydrogen (secondary N) is 2. The minimum Gasteiger partial charge on any atom is -0.378 e. The lowest BCUT2D eigenvalue weighted by molar-refractivity contribution is 0.265. The Bertz CT molecular complexity index is 1020. The fraction of sp³-hybridized carbons (Fsp3) is 0.263. The summed E-state index contributed by atoms with van der Waals surface area (Å²) in [6, 6.07) is 11.5. The van der Waals surface area contributed by atoms with Crippen molar-refractivity contribution >= 4 is 28.1 Å². The molecule has 1 aliphatic heterocycles. The van der Waals surface area contributed by atoms with E-state index in [0.717, 1.165) is 5.02 Å². The van der Waals surface area contributed by atoms with Crippen LogP contribution in [0.4, 0.5) is 14.5 Å². The van der Waals surface area contributed by atoms with Gasteiger partial charge in [0.05, 0.1) is 17.1 Å². The standard InChI is InChI=1S/C13H11F2N3O.C6H5Cl/c14-6-3-7-11-8(4-6)16-10(13(15)1-2-13)5-9(11)17-18-12(7)19;7-6-4-2-1-3-5-6/h3-4,10,16H,1-2,5H2,(H,18,19);1-5H. The van der Waals surface area contributed by atoms with E-state index in [-0.39, 0.29) is 5.39 Å². The van der Waals surface area contributed by atoms with Crippen LogP contribution in [0.1, 0.15) is 18.5 Å². The SMILES string of the molecule is Clc1ccccc1.O=c1[nH]nc2c3c(cc(F)cc13)NC(C1(F)CC1)C2. The Balaban J connectivity index is 0.000000204. The lowest BCUT2D eigenvalue weighted by atomic mass is 9.95. The zero-order valence-electron chi connectivity index (χ0n) is 13.7. The number of aromatic nitrogens is 2. The molecule has 1 atom stereocenters. The van der Waals surface area contributed by atoms with Crippen molar-refractivity contribution in [3.05, 3.63) is 69.4 Å². The van der Waals surface area contributed by atoms with Crippen molar-refractivity contribution < 1.29 is 8.78 Å². The molecular weight excluding hydrogens is 360 g/mol. The van der Waals surface area contributed by atoms with Crippen molar-refractivity contribution in [2.75, 3.05) is 5.32 Å². The molecule has 0 amide bonds. The highest BCUT2D eigenvalue weighted by atomic mass is 35.5. The van der Waals surface area contributed by atoms with Gasteiger partial charge in [-0.25, -0.2) is 13.9 Å². The summed E-state index contributed by atoms with van der Waals surface area (Å²) in [5.74, 6) is -0.512. The molecule has 1 fully saturated rings. The second kappa shape index (κ2) is 6.36. The summed E-state index contributed by atoms with van der Waals surface area (Å²) in [5.41, 5.74) is -0.573. The Morgan fingerprint density at radius 2 is 1.92 bits per heavy atom. The molecule has 134 valence electrons. The van der Waals surface area contributed by atoms with Crippen molar-refractivity contribution in [3.63, 3.8) is 0 Å². The Hall–Kier alpha value is -2.47. The Morgan fingerprint density at radius 3 is 2.54 bits per heavy atom. The third-order valence-corrected chi connectivity index (χ3v) is 4.99. The van der Waals surface area contributed by atoms with Crippen LogP contribution in [0.15, 0.2) is 47.3 Å². The van der Waals surface area contributed by atoms with Gasteiger partial charge in [-0.15, -0.1) is 0 Å². The molecule has 0 bridgehead atoms. The average molecular weight is 376 g/mol. The summed E-state index contributed by atoms with van der Waals surface area (Å²) in [6.45, 7) is 0. The van der Waals surface area contributed by atoms with Crippen LogP contribution in [-0.2, 0) is 6.42 Å². The quantitative estimate of drug-likeness (QED) is 0.668. The zero-order valence-corrected chi connectivity index (χ0v) is 14.5. The summed E-state index contributed by atoms with van der Waals surface area (Å²) in [7, 11) is 0. The molecule has 26 heavy (non-hydrogen) atoms. The first-order valence-corrected chi connectivity index (χ1v) is 8.71. The number of hydrogen-bond acceptors (Lipinski definition) is 3. The highest BCUT2D eigenvalue weighted by molar-refractivity contribution is 6.30. The molecule has 2 aromatic carbocycles. The number of alkyl halides is 1. The van der Waals surface area contributed by atoms with Crippen LogP contribution >= 0.6 is 11.6 Å². The number of benzene rings is 2. The fourth-order valence-electron chi connectivity index (χ4n) is 3.22. The molecule has 3 aromatic rings. The number of hydrogen-bond donors (Lipinski definition) is 2. The molecule has 2 heterocycles. The van der Waals surface area contributed by atoms with E-state index < -0.39 is 23.1 Å². The monoisotopic (exact) mass is 375 g/mol. The van der Waals surface area contributed by atoms with Crippen LogP contribution in [-0.4, -0.2) is 21.9 Å². The van der Waals surface area contributed by atoms with E-state index in [9.17, 15) is 13.6 Å². The predicted molar refractivity (Wildman–Crippen MR) is 98.0 cm³/mol. The third kappa shape index (κ3) is 3.17. The van der Waals surface area contributed by atoms with Gasteiger partial charge in [0.15, 0.2) is 0 Å². The maximum atomic E-state index is 14.2. The molecule has 2 aliphatic rings. The number of aromatic amines is 1. The molecule has 1 unspecified atom stereocenters. The second-order valence-corrected chi connectivity index (χ2v) is 7.04. The maximum Gasteiger partial charge on any atom is 0.272 e. The predicted octanol–water partition coefficient (Wildman–Crippen LogP) is 4.24. The van der Waals surface area contributed by atoms with E-state index in [4.69, 9.17) is 11.6 Å². The van der Waals surface area contributed by atoms with Crippen LogP contribution in [0.25, 0.3) is 10.8 Å². The highest BCUT2D eigenvalue weighted by Gasteiger charge is 2.51. The fourth-order valence-corrected chi connectivity index (χ4v) is 3.37. The van der Waals surface area contributed by atoms with E-state index >= 15 is 0 Å². The number of rotatable bonds is 1. The van der Waals surface area contributed by atoms with Crippen LogP contribution in [0.2, 0.25) is 5.02 Å². The molecular formula is C19H16ClF2N3O. The Morgan fingerprint density at radius 1 is 1.19 bits per heavy atom. The van der Waals surface area contributed by atoms with E-state index in [1.54, 1.807) is 0 Å². The van der Waals surface area contributed by atoms with Crippen molar-refractivity contribution in [1.82, 2.24) is 10.2 Å². The van der Waals surface area contributed by atoms with Crippen molar-refractivity contribution in [2.24, 2.45) is 0 Å². The van der Waals surface area contributed by atoms with Gasteiger partial charge in [-0.2, -0.15) is 5.10 Å². The van der Waals surface area contributed by atoms with Crippen LogP contribution < -0.4 is 10.9 Å². The van der Waals surface area contributed by atoms with Crippen LogP contribution in [0.3, 0.4) is 0 Å². The second-order valence-electron chi connectivity index (χ2n) is 6.61. The summed E-state index contributed by atoms with van der Waals surface area (Å²) in [4.78, 5) is 11.7. The molecule has 0 saturated heterocycles. The van der Waals surface area contributed by atoms with Gasteiger partial charge < -0.3 is 5.32 Å². The zero-order chi connectivity index (χ0) is 18.3. The summed E-state index contributed by atoms with van der Waals surface area (Å²) < 4.78 is 27.7. The molecule has 1 saturated carbocycles. The molecule has 4 nitrogen and oxygen atoms in total. The molecule has 0 spiro atoms. The Labute approximate surface area is 153 Å². The van der Waals surface area contributed by atoms with Gasteiger partial charge in [-0.1, -0.05) is 29.8 Å². The number of anilines is 1. The van der Waals surface area contributed by atoms with Gasteiger partial charge in [-0.3, -0.25) is 4.79 Å². The minimum absolute atomic E-state index is 0.259. The van der Waals surface area contributed by atoms with Gasteiger partial charge in [-0.05, 0) is 37.1 Å². The summed E-state index contributed by atoms with van der Waals surface area (Å²) in [6.07, 6.45) is 1.44. The van der Waals surface area contributed by atoms with E-state index in [1.807, 2.05) is 30.3 Å². The first-order valence-electron chi connectivity index (χ1n) is 8.33. The first kappa shape index (κ1) is 17.0. The van der Waals surface area contributed by atoms with Gasteiger partial charge in [0.2, 0.25) is 0 Å². The van der Waals surface area contributed by atoms with Crippen LogP contribution in [0.5, 0.6) is 0 Å². The normalized spacial score (nSPS) is 19.3. The molecule has 1 aromatic heterocycles. The summed E-state index contributed by atoms with van der Waals surface area (Å²) in [5, 5.41) is 11.0. The smallest absolute Gasteiger partial charge is 0.272 e. The van der Waals surface area contributed by atoms with Crippen LogP contribution in [0, 0.1) is 5.82 Å². The lowest BCUT2D eigenvalue weighted by Crippen LogP contribution is -2.38. The minimum atomic E-state index is -1.23. The molecule has 0 radical (unpaired) electrons. The van der Waals surface area contributed by atoms with Crippen molar-refractivity contribution in [3.8, 4) is 0 Å². The van der Waals surface area contributed by atoms with E-state index in [2.05, 4.69) is 15.5 Å². The molecule has 7 heteroatoms. The van der Waals surface area contributed by atoms with Crippen molar-refractivity contribution in [2.45, 2.75) is 31.0 Å². The van der Waals surface area contributed by atoms with Gasteiger partial charge in [0.25, 0.3) is 5.56 Å². The molecule has 1 aliphatic carbocycles. The molecule has 5 rings (SSSR count). The van der Waals surface area contributed by atoms with E-state index in [1.165, 1.54) is 12.1 Å². The Kier molecular flexibility index (Phi) is 4.15. The van der Waals surface area contributed by atoms with Crippen molar-refractivity contribution in [1.29, 1.82) is 0 Å². The topological polar surface area (TPSA) is 57.8 Å². The first-order chi connectivity index (χ1) is 12.5. The third-order valence-electron chi connectivity index (χ3n) is 4.74. The van der Waals surface area contributed by atoms with Gasteiger partial charge >= 0.3 is 0 Å². The highest BCUT2D eigenvalue weighted by Crippen LogP contribution is 2.47. The van der Waals surface area contributed by atoms with E-state index in [0.29, 0.717) is 36.0 Å². The lowest BCUT2D eigenvalue weighted by Gasteiger charge is -2.28. The largest absolute Gasteiger partial charge is 0.378 e. The van der Waals surface area contributed by atoms with Gasteiger partial charge in [0, 0.05) is 22.5 Å². The number of halogens is 3. The van der Waals surface area contributed by atoms with Gasteiger partial charge in [0.1, 0.15) is 11.5 Å². The summed E-state index contributed by atoms with van der Waals surface area (Å²) >= 11 is 5.54. The number of H-pyrrole nitrogens is 1. The molecule has 2 N–H and O–H groups in total. The number of nitrogens with zero attached hydrogens (tertiary/aromatic N) is 1.